The van der Waals surface area contributed by atoms with Crippen LogP contribution in [0.15, 0.2) is 54.6 Å². The minimum absolute atomic E-state index is 0.368. The van der Waals surface area contributed by atoms with Crippen molar-refractivity contribution in [1.82, 2.24) is 14.6 Å². The third-order valence-electron chi connectivity index (χ3n) is 5.04. The van der Waals surface area contributed by atoms with Crippen molar-refractivity contribution >= 4 is 34.8 Å². The molecule has 0 saturated heterocycles. The van der Waals surface area contributed by atoms with E-state index < -0.39 is 17.7 Å². The average Bonchev–Trinajstić information content (AvgIpc) is 3.15. The number of aryl methyl sites for hydroxylation is 1. The molecule has 0 bridgehead atoms. The van der Waals surface area contributed by atoms with E-state index in [-0.39, 0.29) is 0 Å². The van der Waals surface area contributed by atoms with Crippen LogP contribution in [0.3, 0.4) is 0 Å². The molecule has 1 N–H and O–H groups in total. The normalized spacial score (nSPS) is 12.8. The Kier molecular flexibility index (Phi) is 6.18. The van der Waals surface area contributed by atoms with Crippen molar-refractivity contribution in [2.75, 3.05) is 0 Å². The highest BCUT2D eigenvalue weighted by atomic mass is 35.5. The summed E-state index contributed by atoms with van der Waals surface area (Å²) < 4.78 is 7.61. The molecular formula is C25H23Cl2N3O3. The lowest BCUT2D eigenvalue weighted by Gasteiger charge is -2.27. The summed E-state index contributed by atoms with van der Waals surface area (Å²) in [6.07, 6.45) is -1.28. The van der Waals surface area contributed by atoms with Crippen molar-refractivity contribution in [3.8, 4) is 22.5 Å². The Morgan fingerprint density at radius 2 is 1.79 bits per heavy atom. The number of hydrogen-bond acceptors (Lipinski definition) is 4. The standard InChI is InChI=1S/C25H23Cl2N3O3/c1-14-21(23(24(31)32)33-25(2,3)4)22(17-11-10-16(26)12-18(17)27)30-20(28-14)13-19(29-30)15-8-6-5-7-9-15/h5-13,23H,1-4H3,(H,31,32). The van der Waals surface area contributed by atoms with Gasteiger partial charge in [-0.1, -0.05) is 53.5 Å². The van der Waals surface area contributed by atoms with Crippen LogP contribution in [0.1, 0.15) is 38.1 Å². The van der Waals surface area contributed by atoms with Gasteiger partial charge in [-0.15, -0.1) is 0 Å². The molecule has 0 aliphatic heterocycles. The molecular weight excluding hydrogens is 461 g/mol. The van der Waals surface area contributed by atoms with E-state index in [4.69, 9.17) is 33.0 Å². The van der Waals surface area contributed by atoms with Gasteiger partial charge in [0.05, 0.1) is 22.0 Å². The number of carbonyl (C=O) groups is 1. The third-order valence-corrected chi connectivity index (χ3v) is 5.59. The van der Waals surface area contributed by atoms with Gasteiger partial charge in [-0.2, -0.15) is 5.10 Å². The van der Waals surface area contributed by atoms with Gasteiger partial charge in [-0.25, -0.2) is 14.3 Å². The first-order valence-corrected chi connectivity index (χ1v) is 11.1. The summed E-state index contributed by atoms with van der Waals surface area (Å²) in [6.45, 7) is 7.18. The number of aromatic nitrogens is 3. The van der Waals surface area contributed by atoms with Crippen LogP contribution >= 0.6 is 23.2 Å². The monoisotopic (exact) mass is 483 g/mol. The Morgan fingerprint density at radius 1 is 1.09 bits per heavy atom. The first-order valence-electron chi connectivity index (χ1n) is 10.4. The summed E-state index contributed by atoms with van der Waals surface area (Å²) in [4.78, 5) is 17.1. The Balaban J connectivity index is 2.08. The van der Waals surface area contributed by atoms with Crippen molar-refractivity contribution in [1.29, 1.82) is 0 Å². The molecule has 170 valence electrons. The van der Waals surface area contributed by atoms with E-state index in [0.717, 1.165) is 5.56 Å². The lowest BCUT2D eigenvalue weighted by atomic mass is 9.99. The molecule has 0 radical (unpaired) electrons. The Morgan fingerprint density at radius 3 is 2.39 bits per heavy atom. The summed E-state index contributed by atoms with van der Waals surface area (Å²) in [6, 6.07) is 16.6. The highest BCUT2D eigenvalue weighted by Gasteiger charge is 2.33. The van der Waals surface area contributed by atoms with Crippen molar-refractivity contribution in [2.24, 2.45) is 0 Å². The molecule has 33 heavy (non-hydrogen) atoms. The Labute approximate surface area is 201 Å². The van der Waals surface area contributed by atoms with E-state index in [9.17, 15) is 9.90 Å². The predicted molar refractivity (Wildman–Crippen MR) is 130 cm³/mol. The molecule has 1 atom stereocenters. The van der Waals surface area contributed by atoms with Crippen LogP contribution in [0.5, 0.6) is 0 Å². The van der Waals surface area contributed by atoms with Crippen LogP contribution in [0.2, 0.25) is 10.0 Å². The van der Waals surface area contributed by atoms with E-state index >= 15 is 0 Å². The van der Waals surface area contributed by atoms with Crippen LogP contribution in [0, 0.1) is 6.92 Å². The van der Waals surface area contributed by atoms with Crippen molar-refractivity contribution in [3.63, 3.8) is 0 Å². The molecule has 2 aromatic heterocycles. The van der Waals surface area contributed by atoms with E-state index in [2.05, 4.69) is 4.98 Å². The molecule has 0 aliphatic rings. The second-order valence-electron chi connectivity index (χ2n) is 8.70. The number of fused-ring (bicyclic) bond motifs is 1. The number of halogens is 2. The van der Waals surface area contributed by atoms with Gasteiger partial charge >= 0.3 is 5.97 Å². The second-order valence-corrected chi connectivity index (χ2v) is 9.54. The number of aliphatic carboxylic acids is 1. The van der Waals surface area contributed by atoms with Gasteiger partial charge in [-0.05, 0) is 45.9 Å². The zero-order valence-electron chi connectivity index (χ0n) is 18.6. The van der Waals surface area contributed by atoms with Gasteiger partial charge in [0.15, 0.2) is 11.8 Å². The minimum Gasteiger partial charge on any atom is -0.479 e. The Bertz CT molecular complexity index is 1340. The van der Waals surface area contributed by atoms with E-state index in [1.165, 1.54) is 0 Å². The minimum atomic E-state index is -1.28. The molecule has 4 rings (SSSR count). The SMILES string of the molecule is Cc1nc2cc(-c3ccccc3)nn2c(-c2ccc(Cl)cc2Cl)c1C(OC(C)(C)C)C(=O)O. The van der Waals surface area contributed by atoms with Crippen LogP contribution in [0.4, 0.5) is 0 Å². The van der Waals surface area contributed by atoms with Gasteiger partial charge < -0.3 is 9.84 Å². The molecule has 6 nitrogen and oxygen atoms in total. The molecule has 8 heteroatoms. The molecule has 0 amide bonds. The van der Waals surface area contributed by atoms with Crippen LogP contribution in [0.25, 0.3) is 28.2 Å². The zero-order valence-corrected chi connectivity index (χ0v) is 20.1. The summed E-state index contributed by atoms with van der Waals surface area (Å²) >= 11 is 12.7. The molecule has 0 spiro atoms. The maximum absolute atomic E-state index is 12.4. The number of ether oxygens (including phenoxy) is 1. The van der Waals surface area contributed by atoms with Crippen molar-refractivity contribution in [2.45, 2.75) is 39.4 Å². The zero-order chi connectivity index (χ0) is 23.9. The van der Waals surface area contributed by atoms with Crippen molar-refractivity contribution < 1.29 is 14.6 Å². The fraction of sp³-hybridized carbons (Fsp3) is 0.240. The molecule has 1 unspecified atom stereocenters. The van der Waals surface area contributed by atoms with Crippen LogP contribution in [-0.4, -0.2) is 31.3 Å². The van der Waals surface area contributed by atoms with Gasteiger partial charge in [0.1, 0.15) is 0 Å². The number of benzene rings is 2. The summed E-state index contributed by atoms with van der Waals surface area (Å²) in [5.74, 6) is -1.13. The topological polar surface area (TPSA) is 76.7 Å². The first-order chi connectivity index (χ1) is 15.5. The van der Waals surface area contributed by atoms with Crippen LogP contribution < -0.4 is 0 Å². The summed E-state index contributed by atoms with van der Waals surface area (Å²) in [5, 5.41) is 15.7. The maximum atomic E-state index is 12.4. The predicted octanol–water partition coefficient (Wildman–Crippen LogP) is 6.62. The quantitative estimate of drug-likeness (QED) is 0.345. The molecule has 2 aromatic carbocycles. The lowest BCUT2D eigenvalue weighted by Crippen LogP contribution is -2.29. The number of carboxylic acid groups (broad SMARTS) is 1. The molecule has 4 aromatic rings. The largest absolute Gasteiger partial charge is 0.479 e. The fourth-order valence-corrected chi connectivity index (χ4v) is 4.22. The number of rotatable bonds is 5. The van der Waals surface area contributed by atoms with Gasteiger partial charge in [-0.3, -0.25) is 0 Å². The summed E-state index contributed by atoms with van der Waals surface area (Å²) in [5.41, 5.74) is 3.44. The van der Waals surface area contributed by atoms with E-state index in [1.54, 1.807) is 50.4 Å². The molecule has 0 aliphatic carbocycles. The maximum Gasteiger partial charge on any atom is 0.337 e. The van der Waals surface area contributed by atoms with Gasteiger partial charge in [0.25, 0.3) is 0 Å². The third kappa shape index (κ3) is 4.74. The van der Waals surface area contributed by atoms with Crippen molar-refractivity contribution in [3.05, 3.63) is 75.9 Å². The first kappa shape index (κ1) is 23.2. The number of hydrogen-bond donors (Lipinski definition) is 1. The number of nitrogens with zero attached hydrogens (tertiary/aromatic N) is 3. The summed E-state index contributed by atoms with van der Waals surface area (Å²) in [7, 11) is 0. The Hall–Kier alpha value is -2.93. The highest BCUT2D eigenvalue weighted by molar-refractivity contribution is 6.36. The average molecular weight is 484 g/mol. The fourth-order valence-electron chi connectivity index (χ4n) is 3.72. The van der Waals surface area contributed by atoms with Gasteiger partial charge in [0, 0.05) is 33.5 Å². The van der Waals surface area contributed by atoms with Gasteiger partial charge in [0.2, 0.25) is 0 Å². The number of carboxylic acids is 1. The smallest absolute Gasteiger partial charge is 0.337 e. The van der Waals surface area contributed by atoms with E-state index in [1.807, 2.05) is 36.4 Å². The molecule has 0 fully saturated rings. The molecule has 0 saturated carbocycles. The second kappa shape index (κ2) is 8.78. The van der Waals surface area contributed by atoms with E-state index in [0.29, 0.717) is 43.9 Å². The highest BCUT2D eigenvalue weighted by Crippen LogP contribution is 2.39. The lowest BCUT2D eigenvalue weighted by molar-refractivity contribution is -0.160. The van der Waals surface area contributed by atoms with Crippen LogP contribution in [-0.2, 0) is 9.53 Å². The molecule has 2 heterocycles.